The number of fused-ring (bicyclic) bond motifs is 14. The van der Waals surface area contributed by atoms with Crippen LogP contribution in [0.2, 0.25) is 0 Å². The molecule has 0 bridgehead atoms. The number of benzene rings is 12. The number of ether oxygens (including phenoxy) is 1. The van der Waals surface area contributed by atoms with E-state index in [2.05, 4.69) is 272 Å². The van der Waals surface area contributed by atoms with Crippen molar-refractivity contribution in [2.45, 2.75) is 41.5 Å². The van der Waals surface area contributed by atoms with Gasteiger partial charge < -0.3 is 28.6 Å². The van der Waals surface area contributed by atoms with E-state index in [1.54, 1.807) is 6.07 Å². The van der Waals surface area contributed by atoms with E-state index in [0.29, 0.717) is 5.75 Å². The predicted octanol–water partition coefficient (Wildman–Crippen LogP) is 16.5. The molecular formula is C78H55B2F2N5O. The third kappa shape index (κ3) is 6.99. The van der Waals surface area contributed by atoms with Crippen LogP contribution in [0.1, 0.15) is 33.4 Å². The number of aryl methyl sites for hydroxylation is 6. The molecule has 2 aromatic heterocycles. The molecule has 0 amide bonds. The first-order chi connectivity index (χ1) is 43.0. The van der Waals surface area contributed by atoms with Crippen molar-refractivity contribution in [1.29, 1.82) is 0 Å². The lowest BCUT2D eigenvalue weighted by molar-refractivity contribution is 0.487. The molecule has 6 heterocycles. The molecule has 0 radical (unpaired) electrons. The van der Waals surface area contributed by atoms with E-state index < -0.39 is 11.6 Å². The third-order valence-corrected chi connectivity index (χ3v) is 19.7. The Labute approximate surface area is 509 Å². The summed E-state index contributed by atoms with van der Waals surface area (Å²) < 4.78 is 45.7. The predicted molar refractivity (Wildman–Crippen MR) is 363 cm³/mol. The number of rotatable bonds is 5. The van der Waals surface area contributed by atoms with Crippen LogP contribution < -0.4 is 52.2 Å². The molecule has 418 valence electrons. The summed E-state index contributed by atoms with van der Waals surface area (Å²) in [5.74, 6) is 0.0799. The van der Waals surface area contributed by atoms with Crippen LogP contribution in [-0.4, -0.2) is 22.6 Å². The Kier molecular flexibility index (Phi) is 10.6. The third-order valence-electron chi connectivity index (χ3n) is 19.7. The van der Waals surface area contributed by atoms with E-state index in [0.717, 1.165) is 140 Å². The summed E-state index contributed by atoms with van der Waals surface area (Å²) in [4.78, 5) is 6.85. The van der Waals surface area contributed by atoms with Gasteiger partial charge in [-0.3, -0.25) is 0 Å². The summed E-state index contributed by atoms with van der Waals surface area (Å²) in [7, 11) is 0. The fourth-order valence-corrected chi connectivity index (χ4v) is 15.5. The van der Waals surface area contributed by atoms with Crippen LogP contribution in [0.5, 0.6) is 11.5 Å². The molecule has 12 aromatic carbocycles. The van der Waals surface area contributed by atoms with Crippen LogP contribution in [-0.2, 0) is 0 Å². The Morgan fingerprint density at radius 2 is 0.818 bits per heavy atom. The van der Waals surface area contributed by atoms with Crippen LogP contribution in [0.25, 0.3) is 55.0 Å². The van der Waals surface area contributed by atoms with Gasteiger partial charge in [-0.05, 0) is 187 Å². The topological polar surface area (TPSA) is 28.8 Å². The number of hydrogen-bond acceptors (Lipinski definition) is 4. The minimum Gasteiger partial charge on any atom is -0.458 e. The van der Waals surface area contributed by atoms with Gasteiger partial charge in [0.1, 0.15) is 23.1 Å². The highest BCUT2D eigenvalue weighted by Gasteiger charge is 2.48. The van der Waals surface area contributed by atoms with Gasteiger partial charge in [0.15, 0.2) is 0 Å². The summed E-state index contributed by atoms with van der Waals surface area (Å²) >= 11 is 0. The molecule has 6 nitrogen and oxygen atoms in total. The fraction of sp³-hybridized carbons (Fsp3) is 0.0769. The van der Waals surface area contributed by atoms with Gasteiger partial charge >= 0.3 is 0 Å². The van der Waals surface area contributed by atoms with Crippen molar-refractivity contribution >= 4 is 141 Å². The summed E-state index contributed by atoms with van der Waals surface area (Å²) in [6.45, 7) is 12.5. The van der Waals surface area contributed by atoms with Gasteiger partial charge in [-0.15, -0.1) is 0 Å². The second kappa shape index (κ2) is 18.5. The molecule has 0 spiro atoms. The largest absolute Gasteiger partial charge is 0.458 e. The molecule has 0 N–H and O–H groups in total. The number of para-hydroxylation sites is 4. The van der Waals surface area contributed by atoms with Crippen LogP contribution in [0.15, 0.2) is 224 Å². The Morgan fingerprint density at radius 1 is 0.330 bits per heavy atom. The molecule has 0 saturated heterocycles. The zero-order valence-corrected chi connectivity index (χ0v) is 49.4. The minimum atomic E-state index is -0.675. The standard InChI is InChI=1S/C78H55B2F2N5O/c1-44-25-30-55-57-32-27-46(3)48(5)77(57)85(67(55)35-44)53-38-70-75-71(39-53)87(66-34-29-50(81)37-63(66)82)69-43-73-62(42-61(69)79(75)59-21-13-15-23-64(59)83(70)51-17-9-7-10-18-51)80-60-22-14-16-24-65(60)84(52-19-11-8-12-20-52)72-40-54(41-74(88-73)76(72)80)86-68-36-45(2)26-31-56(68)58-33-28-47(4)49(6)78(58)86/h7-43H,1-6H3. The highest BCUT2D eigenvalue weighted by molar-refractivity contribution is 7.02. The van der Waals surface area contributed by atoms with E-state index in [1.165, 1.54) is 44.7 Å². The average Bonchev–Trinajstić information content (AvgIpc) is 0.749. The summed E-state index contributed by atoms with van der Waals surface area (Å²) in [6, 6.07) is 78.9. The Hall–Kier alpha value is -10.6. The second-order valence-corrected chi connectivity index (χ2v) is 24.6. The lowest BCUT2D eigenvalue weighted by Gasteiger charge is -2.45. The van der Waals surface area contributed by atoms with Crippen LogP contribution in [0.3, 0.4) is 0 Å². The van der Waals surface area contributed by atoms with Gasteiger partial charge in [-0.25, -0.2) is 8.78 Å². The Morgan fingerprint density at radius 3 is 1.38 bits per heavy atom. The molecule has 14 aromatic rings. The molecular weight excluding hydrogens is 1080 g/mol. The lowest BCUT2D eigenvalue weighted by Crippen LogP contribution is -2.64. The van der Waals surface area contributed by atoms with Crippen LogP contribution in [0.4, 0.5) is 60.0 Å². The first kappa shape index (κ1) is 50.7. The van der Waals surface area contributed by atoms with Gasteiger partial charge in [0.25, 0.3) is 13.4 Å². The SMILES string of the molecule is Cc1ccc2c3ccc(C)c(C)c3n(-c3cc4c5c(c3)N(c3ccccc3)c3ccccc3B5c3cc5c(cc3O4)N(c3ccc(F)cc3F)c3cc(-n4c6cc(C)ccc6c6ccc(C)c(C)c64)cc4c3B5c3ccccc3N4c3ccccc3)c2c1. The normalized spacial score (nSPS) is 13.4. The van der Waals surface area contributed by atoms with Crippen molar-refractivity contribution in [3.05, 3.63) is 269 Å². The van der Waals surface area contributed by atoms with E-state index in [1.807, 2.05) is 0 Å². The van der Waals surface area contributed by atoms with Crippen LogP contribution >= 0.6 is 0 Å². The van der Waals surface area contributed by atoms with E-state index in [-0.39, 0.29) is 19.1 Å². The van der Waals surface area contributed by atoms with E-state index >= 15 is 8.78 Å². The maximum absolute atomic E-state index is 17.6. The summed E-state index contributed by atoms with van der Waals surface area (Å²) in [5, 5.41) is 4.69. The summed E-state index contributed by atoms with van der Waals surface area (Å²) in [6.07, 6.45) is 0. The van der Waals surface area contributed by atoms with Gasteiger partial charge in [-0.2, -0.15) is 0 Å². The van der Waals surface area contributed by atoms with Gasteiger partial charge in [0, 0.05) is 85.2 Å². The fourth-order valence-electron chi connectivity index (χ4n) is 15.5. The smallest absolute Gasteiger partial charge is 0.256 e. The first-order valence-corrected chi connectivity index (χ1v) is 30.3. The summed E-state index contributed by atoms with van der Waals surface area (Å²) in [5.41, 5.74) is 27.7. The number of hydrogen-bond donors (Lipinski definition) is 0. The van der Waals surface area contributed by atoms with Gasteiger partial charge in [0.05, 0.1) is 39.1 Å². The lowest BCUT2D eigenvalue weighted by atomic mass is 9.30. The van der Waals surface area contributed by atoms with Crippen molar-refractivity contribution in [3.8, 4) is 22.9 Å². The highest BCUT2D eigenvalue weighted by Crippen LogP contribution is 2.50. The molecule has 0 atom stereocenters. The Balaban J connectivity index is 0.954. The molecule has 4 aliphatic rings. The van der Waals surface area contributed by atoms with Crippen molar-refractivity contribution < 1.29 is 13.5 Å². The van der Waals surface area contributed by atoms with Crippen molar-refractivity contribution in [3.63, 3.8) is 0 Å². The first-order valence-electron chi connectivity index (χ1n) is 30.3. The van der Waals surface area contributed by atoms with Crippen molar-refractivity contribution in [2.24, 2.45) is 0 Å². The molecule has 0 saturated carbocycles. The zero-order valence-electron chi connectivity index (χ0n) is 49.4. The zero-order chi connectivity index (χ0) is 59.1. The monoisotopic (exact) mass is 1140 g/mol. The molecule has 18 rings (SSSR count). The highest BCUT2D eigenvalue weighted by atomic mass is 19.1. The van der Waals surface area contributed by atoms with E-state index in [9.17, 15) is 0 Å². The number of aromatic nitrogens is 2. The molecule has 0 unspecified atom stereocenters. The number of anilines is 9. The maximum atomic E-state index is 17.6. The second-order valence-electron chi connectivity index (χ2n) is 24.6. The van der Waals surface area contributed by atoms with Crippen molar-refractivity contribution in [2.75, 3.05) is 14.7 Å². The quantitative estimate of drug-likeness (QED) is 0.161. The molecule has 0 aliphatic carbocycles. The number of nitrogens with zero attached hydrogens (tertiary/aromatic N) is 5. The van der Waals surface area contributed by atoms with Gasteiger partial charge in [-0.1, -0.05) is 127 Å². The molecule has 88 heavy (non-hydrogen) atoms. The molecule has 4 aliphatic heterocycles. The Bertz CT molecular complexity index is 5400. The number of halogens is 2. The maximum Gasteiger partial charge on any atom is 0.256 e. The van der Waals surface area contributed by atoms with Crippen LogP contribution in [0, 0.1) is 53.2 Å². The molecule has 10 heteroatoms. The van der Waals surface area contributed by atoms with Gasteiger partial charge in [0.2, 0.25) is 0 Å². The van der Waals surface area contributed by atoms with E-state index in [4.69, 9.17) is 4.74 Å². The van der Waals surface area contributed by atoms with Crippen molar-refractivity contribution in [1.82, 2.24) is 9.13 Å². The minimum absolute atomic E-state index is 0.227. The molecule has 0 fully saturated rings. The average molecular weight is 1140 g/mol.